The zero-order valence-electron chi connectivity index (χ0n) is 21.9. The van der Waals surface area contributed by atoms with E-state index in [2.05, 4.69) is 68.5 Å². The maximum atomic E-state index is 13.7. The molecular formula is C29H40N4O2. The first kappa shape index (κ1) is 24.3. The van der Waals surface area contributed by atoms with Gasteiger partial charge >= 0.3 is 0 Å². The lowest BCUT2D eigenvalue weighted by Gasteiger charge is -2.50. The molecule has 1 atom stereocenters. The number of benzene rings is 2. The van der Waals surface area contributed by atoms with Crippen LogP contribution in [0, 0.1) is 0 Å². The van der Waals surface area contributed by atoms with Gasteiger partial charge in [0, 0.05) is 67.2 Å². The minimum Gasteiger partial charge on any atom is -0.381 e. The number of methoxy groups -OCH3 is 1. The molecule has 6 heteroatoms. The van der Waals surface area contributed by atoms with Crippen molar-refractivity contribution in [3.63, 3.8) is 0 Å². The summed E-state index contributed by atoms with van der Waals surface area (Å²) in [4.78, 5) is 17.8. The van der Waals surface area contributed by atoms with Crippen molar-refractivity contribution < 1.29 is 9.53 Å². The monoisotopic (exact) mass is 476 g/mol. The van der Waals surface area contributed by atoms with Crippen LogP contribution in [-0.2, 0) is 23.2 Å². The van der Waals surface area contributed by atoms with Gasteiger partial charge in [-0.05, 0) is 81.3 Å². The van der Waals surface area contributed by atoms with Gasteiger partial charge in [-0.25, -0.2) is 0 Å². The Morgan fingerprint density at radius 2 is 1.97 bits per heavy atom. The molecule has 0 saturated heterocycles. The number of nitrogens with one attached hydrogen (secondary N) is 1. The smallest absolute Gasteiger partial charge is 0.259 e. The summed E-state index contributed by atoms with van der Waals surface area (Å²) in [5, 5.41) is 3.72. The van der Waals surface area contributed by atoms with E-state index >= 15 is 0 Å². The summed E-state index contributed by atoms with van der Waals surface area (Å²) < 4.78 is 5.57. The third-order valence-electron chi connectivity index (χ3n) is 8.86. The highest BCUT2D eigenvalue weighted by Crippen LogP contribution is 2.48. The van der Waals surface area contributed by atoms with Gasteiger partial charge in [0.2, 0.25) is 0 Å². The van der Waals surface area contributed by atoms with Crippen molar-refractivity contribution in [1.29, 1.82) is 0 Å². The van der Waals surface area contributed by atoms with E-state index in [1.807, 2.05) is 11.0 Å². The Bertz CT molecular complexity index is 1120. The van der Waals surface area contributed by atoms with Crippen molar-refractivity contribution in [3.05, 3.63) is 58.7 Å². The third-order valence-corrected chi connectivity index (χ3v) is 8.86. The minimum atomic E-state index is -0.0996. The van der Waals surface area contributed by atoms with E-state index in [9.17, 15) is 4.79 Å². The van der Waals surface area contributed by atoms with Crippen molar-refractivity contribution in [2.45, 2.75) is 82.1 Å². The van der Waals surface area contributed by atoms with Crippen LogP contribution in [0.25, 0.3) is 0 Å². The number of amides is 1. The molecular weight excluding hydrogens is 436 g/mol. The number of anilines is 2. The molecule has 2 fully saturated rings. The molecule has 1 heterocycles. The molecule has 2 saturated carbocycles. The van der Waals surface area contributed by atoms with Gasteiger partial charge in [0.05, 0.1) is 12.6 Å². The number of nitrogens with zero attached hydrogens (tertiary/aromatic N) is 2. The predicted molar refractivity (Wildman–Crippen MR) is 142 cm³/mol. The van der Waals surface area contributed by atoms with Crippen molar-refractivity contribution in [3.8, 4) is 0 Å². The van der Waals surface area contributed by atoms with Gasteiger partial charge in [-0.15, -0.1) is 0 Å². The molecule has 2 aromatic carbocycles. The summed E-state index contributed by atoms with van der Waals surface area (Å²) in [7, 11) is 5.89. The average molecular weight is 477 g/mol. The van der Waals surface area contributed by atoms with Crippen LogP contribution in [-0.4, -0.2) is 44.8 Å². The van der Waals surface area contributed by atoms with Gasteiger partial charge in [0.15, 0.2) is 0 Å². The highest BCUT2D eigenvalue weighted by Gasteiger charge is 2.48. The van der Waals surface area contributed by atoms with Crippen molar-refractivity contribution in [1.82, 2.24) is 5.32 Å². The number of carbonyl (C=O) groups is 1. The van der Waals surface area contributed by atoms with E-state index in [1.54, 1.807) is 7.11 Å². The maximum absolute atomic E-state index is 13.7. The Labute approximate surface area is 209 Å². The molecule has 0 radical (unpaired) electrons. The topological polar surface area (TPSA) is 70.8 Å². The first-order valence-corrected chi connectivity index (χ1v) is 12.9. The fourth-order valence-electron chi connectivity index (χ4n) is 6.13. The molecule has 6 nitrogen and oxygen atoms in total. The Hall–Kier alpha value is -2.41. The largest absolute Gasteiger partial charge is 0.381 e. The molecule has 2 aliphatic carbocycles. The number of rotatable bonds is 8. The molecule has 3 aliphatic rings. The van der Waals surface area contributed by atoms with Crippen LogP contribution >= 0.6 is 0 Å². The highest BCUT2D eigenvalue weighted by atomic mass is 16.5. The van der Waals surface area contributed by atoms with Crippen LogP contribution in [0.2, 0.25) is 0 Å². The lowest BCUT2D eigenvalue weighted by molar-refractivity contribution is -0.0267. The second kappa shape index (κ2) is 8.91. The molecule has 1 aliphatic heterocycles. The van der Waals surface area contributed by atoms with Gasteiger partial charge in [-0.1, -0.05) is 12.1 Å². The molecule has 2 aromatic rings. The summed E-state index contributed by atoms with van der Waals surface area (Å²) >= 11 is 0. The van der Waals surface area contributed by atoms with E-state index in [-0.39, 0.29) is 29.0 Å². The van der Waals surface area contributed by atoms with E-state index in [4.69, 9.17) is 10.5 Å². The van der Waals surface area contributed by atoms with Crippen molar-refractivity contribution in [2.24, 2.45) is 5.73 Å². The van der Waals surface area contributed by atoms with Crippen LogP contribution in [0.1, 0.15) is 73.0 Å². The van der Waals surface area contributed by atoms with Crippen LogP contribution < -0.4 is 20.9 Å². The van der Waals surface area contributed by atoms with Crippen molar-refractivity contribution >= 4 is 17.3 Å². The molecule has 5 rings (SSSR count). The van der Waals surface area contributed by atoms with Gasteiger partial charge in [-0.2, -0.15) is 0 Å². The van der Waals surface area contributed by atoms with Gasteiger partial charge in [0.25, 0.3) is 5.91 Å². The lowest BCUT2D eigenvalue weighted by atomic mass is 9.59. The SMILES string of the molecule is COC1CC(c2cccc(N3Cc4c(cc(CNC5(C)CCC5)cc4N(C)C)C3=O)c2)(C(C)N)C1. The number of carbonyl (C=O) groups excluding carboxylic acids is 1. The van der Waals surface area contributed by atoms with Gasteiger partial charge in [0.1, 0.15) is 0 Å². The third kappa shape index (κ3) is 4.15. The molecule has 0 bridgehead atoms. The van der Waals surface area contributed by atoms with Crippen molar-refractivity contribution in [2.75, 3.05) is 31.0 Å². The zero-order valence-corrected chi connectivity index (χ0v) is 21.9. The summed E-state index contributed by atoms with van der Waals surface area (Å²) in [6.45, 7) is 5.74. The molecule has 0 spiro atoms. The zero-order chi connectivity index (χ0) is 25.0. The second-order valence-electron chi connectivity index (χ2n) is 11.5. The van der Waals surface area contributed by atoms with Gasteiger partial charge < -0.3 is 25.6 Å². The molecule has 1 amide bonds. The van der Waals surface area contributed by atoms with E-state index in [0.29, 0.717) is 6.54 Å². The normalized spacial score (nSPS) is 25.6. The summed E-state index contributed by atoms with van der Waals surface area (Å²) in [5.74, 6) is 0.0789. The highest BCUT2D eigenvalue weighted by molar-refractivity contribution is 6.11. The lowest BCUT2D eigenvalue weighted by Crippen LogP contribution is -2.55. The Balaban J connectivity index is 1.43. The summed E-state index contributed by atoms with van der Waals surface area (Å²) in [5.41, 5.74) is 13.0. The summed E-state index contributed by atoms with van der Waals surface area (Å²) in [6.07, 6.45) is 5.81. The predicted octanol–water partition coefficient (Wildman–Crippen LogP) is 4.34. The number of fused-ring (bicyclic) bond motifs is 1. The van der Waals surface area contributed by atoms with Gasteiger partial charge in [-0.3, -0.25) is 4.79 Å². The maximum Gasteiger partial charge on any atom is 0.259 e. The molecule has 3 N–H and O–H groups in total. The average Bonchev–Trinajstić information content (AvgIpc) is 3.12. The first-order chi connectivity index (χ1) is 16.7. The molecule has 188 valence electrons. The fraction of sp³-hybridized carbons (Fsp3) is 0.552. The van der Waals surface area contributed by atoms with E-state index < -0.39 is 0 Å². The van der Waals surface area contributed by atoms with Crippen LogP contribution in [0.4, 0.5) is 11.4 Å². The van der Waals surface area contributed by atoms with E-state index in [1.165, 1.54) is 30.4 Å². The first-order valence-electron chi connectivity index (χ1n) is 12.9. The van der Waals surface area contributed by atoms with Crippen LogP contribution in [0.5, 0.6) is 0 Å². The van der Waals surface area contributed by atoms with E-state index in [0.717, 1.165) is 41.9 Å². The summed E-state index contributed by atoms with van der Waals surface area (Å²) in [6, 6.07) is 12.8. The fourth-order valence-corrected chi connectivity index (χ4v) is 6.13. The molecule has 1 unspecified atom stereocenters. The van der Waals surface area contributed by atoms with Crippen LogP contribution in [0.15, 0.2) is 36.4 Å². The number of hydrogen-bond acceptors (Lipinski definition) is 5. The standard InChI is InChI=1S/C29H40N4O2/c1-19(30)29(15-23(16-29)35-5)21-8-6-9-22(14-21)33-18-25-24(27(33)34)12-20(13-26(25)32(3)4)17-31-28(2)10-7-11-28/h6,8-9,12-14,19,23,31H,7,10-11,15-18,30H2,1-5H3. The Kier molecular flexibility index (Phi) is 6.19. The quantitative estimate of drug-likeness (QED) is 0.593. The Morgan fingerprint density at radius 1 is 1.23 bits per heavy atom. The molecule has 0 aromatic heterocycles. The Morgan fingerprint density at radius 3 is 2.57 bits per heavy atom. The number of ether oxygens (including phenoxy) is 1. The van der Waals surface area contributed by atoms with Crippen LogP contribution in [0.3, 0.4) is 0 Å². The number of hydrogen-bond donors (Lipinski definition) is 2. The number of nitrogens with two attached hydrogens (primary N) is 1. The minimum absolute atomic E-state index is 0.0172. The molecule has 35 heavy (non-hydrogen) atoms. The second-order valence-corrected chi connectivity index (χ2v) is 11.5.